The SMILES string of the molecule is Nc1cc2cccc(N)c2o1. The predicted octanol–water partition coefficient (Wildman–Crippen LogP) is 1.60. The van der Waals surface area contributed by atoms with Crippen LogP contribution in [0.25, 0.3) is 11.0 Å². The molecule has 0 aliphatic heterocycles. The molecule has 0 aliphatic rings. The van der Waals surface area contributed by atoms with Crippen molar-refractivity contribution in [3.05, 3.63) is 24.3 Å². The fraction of sp³-hybridized carbons (Fsp3) is 0. The highest BCUT2D eigenvalue weighted by molar-refractivity contribution is 5.89. The normalized spacial score (nSPS) is 10.5. The lowest BCUT2D eigenvalue weighted by atomic mass is 10.2. The molecule has 1 aromatic heterocycles. The molecule has 0 spiro atoms. The highest BCUT2D eigenvalue weighted by Crippen LogP contribution is 2.25. The quantitative estimate of drug-likeness (QED) is 0.557. The Bertz CT molecular complexity index is 392. The van der Waals surface area contributed by atoms with E-state index < -0.39 is 0 Å². The summed E-state index contributed by atoms with van der Waals surface area (Å²) in [5, 5.41) is 0.947. The minimum Gasteiger partial charge on any atom is -0.439 e. The molecule has 2 rings (SSSR count). The molecule has 4 N–H and O–H groups in total. The van der Waals surface area contributed by atoms with E-state index in [0.717, 1.165) is 5.39 Å². The van der Waals surface area contributed by atoms with E-state index in [0.29, 0.717) is 17.2 Å². The van der Waals surface area contributed by atoms with E-state index >= 15 is 0 Å². The van der Waals surface area contributed by atoms with E-state index in [2.05, 4.69) is 0 Å². The van der Waals surface area contributed by atoms with Gasteiger partial charge in [-0.15, -0.1) is 0 Å². The van der Waals surface area contributed by atoms with Gasteiger partial charge in [0.15, 0.2) is 11.5 Å². The maximum Gasteiger partial charge on any atom is 0.191 e. The molecule has 0 saturated carbocycles. The summed E-state index contributed by atoms with van der Waals surface area (Å²) in [5.41, 5.74) is 12.4. The maximum atomic E-state index is 5.62. The molecule has 56 valence electrons. The summed E-state index contributed by atoms with van der Waals surface area (Å²) in [5.74, 6) is 0.401. The number of anilines is 2. The standard InChI is InChI=1S/C8H8N2O/c9-6-3-1-2-5-4-7(10)11-8(5)6/h1-4H,9-10H2. The minimum absolute atomic E-state index is 0.401. The van der Waals surface area contributed by atoms with E-state index in [1.165, 1.54) is 0 Å². The molecule has 11 heavy (non-hydrogen) atoms. The number of rotatable bonds is 0. The van der Waals surface area contributed by atoms with Gasteiger partial charge in [0.1, 0.15) is 0 Å². The van der Waals surface area contributed by atoms with Crippen LogP contribution in [0.3, 0.4) is 0 Å². The van der Waals surface area contributed by atoms with Gasteiger partial charge in [-0.3, -0.25) is 0 Å². The van der Waals surface area contributed by atoms with Crippen LogP contribution in [-0.2, 0) is 0 Å². The zero-order valence-corrected chi connectivity index (χ0v) is 5.87. The summed E-state index contributed by atoms with van der Waals surface area (Å²) in [6.07, 6.45) is 0. The van der Waals surface area contributed by atoms with E-state index in [-0.39, 0.29) is 0 Å². The van der Waals surface area contributed by atoms with Crippen molar-refractivity contribution in [2.75, 3.05) is 11.5 Å². The monoisotopic (exact) mass is 148 g/mol. The lowest BCUT2D eigenvalue weighted by Gasteiger charge is -1.91. The van der Waals surface area contributed by atoms with Crippen LogP contribution in [0.2, 0.25) is 0 Å². The Morgan fingerprint density at radius 3 is 2.73 bits per heavy atom. The van der Waals surface area contributed by atoms with Gasteiger partial charge in [-0.2, -0.15) is 0 Å². The number of para-hydroxylation sites is 1. The van der Waals surface area contributed by atoms with Crippen LogP contribution in [-0.4, -0.2) is 0 Å². The van der Waals surface area contributed by atoms with Gasteiger partial charge in [0.05, 0.1) is 5.69 Å². The van der Waals surface area contributed by atoms with Crippen LogP contribution in [0, 0.1) is 0 Å². The van der Waals surface area contributed by atoms with Crippen molar-refractivity contribution in [3.63, 3.8) is 0 Å². The summed E-state index contributed by atoms with van der Waals surface area (Å²) < 4.78 is 5.15. The molecule has 0 fully saturated rings. The summed E-state index contributed by atoms with van der Waals surface area (Å²) in [7, 11) is 0. The number of fused-ring (bicyclic) bond motifs is 1. The van der Waals surface area contributed by atoms with Gasteiger partial charge in [-0.05, 0) is 6.07 Å². The molecule has 1 aromatic carbocycles. The molecule has 3 nitrogen and oxygen atoms in total. The molecule has 0 saturated heterocycles. The van der Waals surface area contributed by atoms with Crippen molar-refractivity contribution in [3.8, 4) is 0 Å². The van der Waals surface area contributed by atoms with Crippen molar-refractivity contribution < 1.29 is 4.42 Å². The molecule has 0 unspecified atom stereocenters. The Kier molecular flexibility index (Phi) is 1.06. The molecular weight excluding hydrogens is 140 g/mol. The Hall–Kier alpha value is -1.64. The number of nitrogens with two attached hydrogens (primary N) is 2. The fourth-order valence-corrected chi connectivity index (χ4v) is 1.11. The average Bonchev–Trinajstić information content (AvgIpc) is 2.31. The summed E-state index contributed by atoms with van der Waals surface area (Å²) in [6.45, 7) is 0. The Labute approximate surface area is 63.6 Å². The maximum absolute atomic E-state index is 5.62. The van der Waals surface area contributed by atoms with E-state index in [1.54, 1.807) is 12.1 Å². The lowest BCUT2D eigenvalue weighted by molar-refractivity contribution is 0.638. The number of nitrogen functional groups attached to an aromatic ring is 2. The highest BCUT2D eigenvalue weighted by atomic mass is 16.3. The second-order valence-corrected chi connectivity index (χ2v) is 2.41. The van der Waals surface area contributed by atoms with Crippen molar-refractivity contribution in [2.45, 2.75) is 0 Å². The Balaban J connectivity index is 2.90. The smallest absolute Gasteiger partial charge is 0.191 e. The first-order valence-electron chi connectivity index (χ1n) is 3.31. The zero-order valence-electron chi connectivity index (χ0n) is 5.87. The molecule has 2 aromatic rings. The van der Waals surface area contributed by atoms with Gasteiger partial charge in [-0.25, -0.2) is 0 Å². The van der Waals surface area contributed by atoms with Gasteiger partial charge >= 0.3 is 0 Å². The molecule has 0 bridgehead atoms. The summed E-state index contributed by atoms with van der Waals surface area (Å²) in [4.78, 5) is 0. The third-order valence-corrected chi connectivity index (χ3v) is 1.59. The topological polar surface area (TPSA) is 65.2 Å². The number of furan rings is 1. The Morgan fingerprint density at radius 2 is 2.00 bits per heavy atom. The number of benzene rings is 1. The largest absolute Gasteiger partial charge is 0.439 e. The summed E-state index contributed by atoms with van der Waals surface area (Å²) in [6, 6.07) is 7.31. The van der Waals surface area contributed by atoms with Crippen molar-refractivity contribution in [1.29, 1.82) is 0 Å². The number of hydrogen-bond acceptors (Lipinski definition) is 3. The Morgan fingerprint density at radius 1 is 1.18 bits per heavy atom. The van der Waals surface area contributed by atoms with E-state index in [9.17, 15) is 0 Å². The van der Waals surface area contributed by atoms with E-state index in [1.807, 2.05) is 12.1 Å². The number of hydrogen-bond donors (Lipinski definition) is 2. The molecular formula is C8H8N2O. The molecule has 3 heteroatoms. The van der Waals surface area contributed by atoms with Crippen LogP contribution in [0.5, 0.6) is 0 Å². The first-order chi connectivity index (χ1) is 5.27. The second kappa shape index (κ2) is 1.92. The van der Waals surface area contributed by atoms with Gasteiger partial charge in [-0.1, -0.05) is 12.1 Å². The zero-order chi connectivity index (χ0) is 7.84. The first kappa shape index (κ1) is 6.09. The molecule has 0 atom stereocenters. The molecule has 0 aliphatic carbocycles. The fourth-order valence-electron chi connectivity index (χ4n) is 1.11. The van der Waals surface area contributed by atoms with Crippen LogP contribution in [0.15, 0.2) is 28.7 Å². The van der Waals surface area contributed by atoms with Gasteiger partial charge in [0, 0.05) is 11.5 Å². The minimum atomic E-state index is 0.401. The molecule has 0 amide bonds. The van der Waals surface area contributed by atoms with Gasteiger partial charge in [0.2, 0.25) is 0 Å². The van der Waals surface area contributed by atoms with Crippen molar-refractivity contribution in [1.82, 2.24) is 0 Å². The molecule has 1 heterocycles. The van der Waals surface area contributed by atoms with Crippen LogP contribution in [0.1, 0.15) is 0 Å². The third-order valence-electron chi connectivity index (χ3n) is 1.59. The molecule has 0 radical (unpaired) electrons. The van der Waals surface area contributed by atoms with Crippen molar-refractivity contribution in [2.24, 2.45) is 0 Å². The third kappa shape index (κ3) is 0.816. The van der Waals surface area contributed by atoms with Gasteiger partial charge in [0.25, 0.3) is 0 Å². The van der Waals surface area contributed by atoms with Crippen molar-refractivity contribution >= 4 is 22.5 Å². The second-order valence-electron chi connectivity index (χ2n) is 2.41. The summed E-state index contributed by atoms with van der Waals surface area (Å²) >= 11 is 0. The van der Waals surface area contributed by atoms with Gasteiger partial charge < -0.3 is 15.9 Å². The first-order valence-corrected chi connectivity index (χ1v) is 3.31. The lowest BCUT2D eigenvalue weighted by Crippen LogP contribution is -1.82. The van der Waals surface area contributed by atoms with Crippen LogP contribution < -0.4 is 11.5 Å². The predicted molar refractivity (Wildman–Crippen MR) is 45.0 cm³/mol. The van der Waals surface area contributed by atoms with Crippen LogP contribution in [0.4, 0.5) is 11.6 Å². The van der Waals surface area contributed by atoms with E-state index in [4.69, 9.17) is 15.9 Å². The average molecular weight is 148 g/mol. The highest BCUT2D eigenvalue weighted by Gasteiger charge is 2.01. The van der Waals surface area contributed by atoms with Crippen LogP contribution >= 0.6 is 0 Å².